The van der Waals surface area contributed by atoms with E-state index in [1.165, 1.54) is 24.3 Å². The average Bonchev–Trinajstić information content (AvgIpc) is 2.84. The van der Waals surface area contributed by atoms with Crippen LogP contribution in [0.2, 0.25) is 0 Å². The van der Waals surface area contributed by atoms with Gasteiger partial charge in [0, 0.05) is 23.7 Å². The Labute approximate surface area is 197 Å². The van der Waals surface area contributed by atoms with Crippen LogP contribution in [0.1, 0.15) is 44.3 Å². The van der Waals surface area contributed by atoms with Crippen LogP contribution in [0.3, 0.4) is 0 Å². The van der Waals surface area contributed by atoms with Crippen LogP contribution in [-0.2, 0) is 9.47 Å². The number of hydrogen-bond acceptors (Lipinski definition) is 2. The van der Waals surface area contributed by atoms with Crippen LogP contribution in [0.25, 0.3) is 22.3 Å². The summed E-state index contributed by atoms with van der Waals surface area (Å²) in [6, 6.07) is 12.3. The lowest BCUT2D eigenvalue weighted by Crippen LogP contribution is -2.24. The molecule has 34 heavy (non-hydrogen) atoms. The van der Waals surface area contributed by atoms with Crippen LogP contribution >= 0.6 is 0 Å². The molecule has 1 aliphatic rings. The highest BCUT2D eigenvalue weighted by Crippen LogP contribution is 2.34. The van der Waals surface area contributed by atoms with Gasteiger partial charge in [-0.15, -0.1) is 0 Å². The molecule has 3 aromatic carbocycles. The maximum absolute atomic E-state index is 15.0. The quantitative estimate of drug-likeness (QED) is 0.245. The second-order valence-corrected chi connectivity index (χ2v) is 8.76. The van der Waals surface area contributed by atoms with Crippen molar-refractivity contribution in [2.24, 2.45) is 5.92 Å². The molecule has 1 saturated heterocycles. The fourth-order valence-corrected chi connectivity index (χ4v) is 4.24. The summed E-state index contributed by atoms with van der Waals surface area (Å²) in [5.41, 5.74) is 1.70. The van der Waals surface area contributed by atoms with Crippen molar-refractivity contribution < 1.29 is 27.0 Å². The highest BCUT2D eigenvalue weighted by molar-refractivity contribution is 5.71. The topological polar surface area (TPSA) is 18.5 Å². The normalized spacial score (nSPS) is 18.3. The van der Waals surface area contributed by atoms with E-state index in [1.807, 2.05) is 6.07 Å². The molecule has 0 radical (unpaired) electrons. The van der Waals surface area contributed by atoms with Gasteiger partial charge in [0.05, 0.1) is 19.3 Å². The summed E-state index contributed by atoms with van der Waals surface area (Å²) in [5, 5.41) is 0. The molecular formula is C28H28F4O2. The molecule has 1 fully saturated rings. The Bertz CT molecular complexity index is 1120. The summed E-state index contributed by atoms with van der Waals surface area (Å²) in [6.07, 6.45) is 3.73. The van der Waals surface area contributed by atoms with E-state index in [9.17, 15) is 17.6 Å². The molecule has 180 valence electrons. The van der Waals surface area contributed by atoms with Gasteiger partial charge in [-0.1, -0.05) is 43.7 Å². The predicted molar refractivity (Wildman–Crippen MR) is 124 cm³/mol. The van der Waals surface area contributed by atoms with Crippen molar-refractivity contribution in [1.82, 2.24) is 0 Å². The van der Waals surface area contributed by atoms with Crippen molar-refractivity contribution in [3.63, 3.8) is 0 Å². The molecule has 6 heteroatoms. The molecular weight excluding hydrogens is 444 g/mol. The van der Waals surface area contributed by atoms with Gasteiger partial charge in [-0.05, 0) is 60.2 Å². The van der Waals surface area contributed by atoms with Crippen LogP contribution < -0.4 is 0 Å². The number of hydrogen-bond donors (Lipinski definition) is 0. The van der Waals surface area contributed by atoms with Crippen molar-refractivity contribution in [3.05, 3.63) is 83.4 Å². The van der Waals surface area contributed by atoms with Gasteiger partial charge in [0.1, 0.15) is 11.6 Å². The monoisotopic (exact) mass is 472 g/mol. The molecule has 2 atom stereocenters. The first-order valence-electron chi connectivity index (χ1n) is 11.7. The predicted octanol–water partition coefficient (Wildman–Crippen LogP) is 7.86. The Kier molecular flexibility index (Phi) is 8.01. The lowest BCUT2D eigenvalue weighted by molar-refractivity contribution is -0.0437. The van der Waals surface area contributed by atoms with E-state index in [0.29, 0.717) is 24.7 Å². The Hall–Kier alpha value is -2.70. The zero-order valence-corrected chi connectivity index (χ0v) is 19.1. The fourth-order valence-electron chi connectivity index (χ4n) is 4.24. The summed E-state index contributed by atoms with van der Waals surface area (Å²) < 4.78 is 68.1. The summed E-state index contributed by atoms with van der Waals surface area (Å²) >= 11 is 0. The first kappa shape index (κ1) is 24.4. The van der Waals surface area contributed by atoms with Crippen molar-refractivity contribution in [1.29, 1.82) is 0 Å². The van der Waals surface area contributed by atoms with E-state index >= 15 is 0 Å². The van der Waals surface area contributed by atoms with Gasteiger partial charge in [0.2, 0.25) is 0 Å². The summed E-state index contributed by atoms with van der Waals surface area (Å²) in [4.78, 5) is 0. The van der Waals surface area contributed by atoms with Crippen molar-refractivity contribution >= 4 is 0 Å². The molecule has 0 amide bonds. The Balaban J connectivity index is 1.43. The Morgan fingerprint density at radius 3 is 2.09 bits per heavy atom. The van der Waals surface area contributed by atoms with Crippen LogP contribution in [0.5, 0.6) is 0 Å². The zero-order chi connectivity index (χ0) is 24.1. The number of ether oxygens (including phenoxy) is 2. The first-order chi connectivity index (χ1) is 16.5. The van der Waals surface area contributed by atoms with E-state index in [2.05, 4.69) is 6.92 Å². The van der Waals surface area contributed by atoms with Gasteiger partial charge in [-0.3, -0.25) is 0 Å². The number of halogens is 4. The maximum Gasteiger partial charge on any atom is 0.159 e. The molecule has 0 aromatic heterocycles. The lowest BCUT2D eigenvalue weighted by atomic mass is 9.93. The van der Waals surface area contributed by atoms with Gasteiger partial charge in [-0.25, -0.2) is 17.6 Å². The van der Waals surface area contributed by atoms with Crippen LogP contribution in [0.4, 0.5) is 17.6 Å². The molecule has 0 spiro atoms. The van der Waals surface area contributed by atoms with E-state index in [4.69, 9.17) is 9.47 Å². The number of unbranched alkanes of at least 4 members (excludes halogenated alkanes) is 1. The van der Waals surface area contributed by atoms with E-state index in [1.54, 1.807) is 12.1 Å². The van der Waals surface area contributed by atoms with E-state index in [-0.39, 0.29) is 22.8 Å². The van der Waals surface area contributed by atoms with Crippen molar-refractivity contribution in [2.45, 2.75) is 38.7 Å². The zero-order valence-electron chi connectivity index (χ0n) is 19.1. The molecule has 2 nitrogen and oxygen atoms in total. The average molecular weight is 473 g/mol. The smallest absolute Gasteiger partial charge is 0.159 e. The van der Waals surface area contributed by atoms with Gasteiger partial charge >= 0.3 is 0 Å². The molecule has 1 heterocycles. The highest BCUT2D eigenvalue weighted by Gasteiger charge is 2.24. The largest absolute Gasteiger partial charge is 0.381 e. The molecule has 0 saturated carbocycles. The minimum Gasteiger partial charge on any atom is -0.381 e. The third-order valence-electron chi connectivity index (χ3n) is 6.24. The van der Waals surface area contributed by atoms with E-state index in [0.717, 1.165) is 50.0 Å². The van der Waals surface area contributed by atoms with Crippen molar-refractivity contribution in [2.75, 3.05) is 19.8 Å². The lowest BCUT2D eigenvalue weighted by Gasteiger charge is -2.29. The molecule has 2 unspecified atom stereocenters. The molecule has 3 aromatic rings. The molecule has 0 bridgehead atoms. The minimum atomic E-state index is -1.05. The highest BCUT2D eigenvalue weighted by atomic mass is 19.2. The first-order valence-corrected chi connectivity index (χ1v) is 11.7. The Morgan fingerprint density at radius 1 is 0.794 bits per heavy atom. The maximum atomic E-state index is 15.0. The Morgan fingerprint density at radius 2 is 1.47 bits per heavy atom. The second-order valence-electron chi connectivity index (χ2n) is 8.76. The third kappa shape index (κ3) is 5.68. The minimum absolute atomic E-state index is 0.114. The number of rotatable bonds is 8. The van der Waals surface area contributed by atoms with Gasteiger partial charge in [0.25, 0.3) is 0 Å². The molecule has 1 aliphatic heterocycles. The summed E-state index contributed by atoms with van der Waals surface area (Å²) in [6.45, 7) is 4.16. The van der Waals surface area contributed by atoms with Gasteiger partial charge in [-0.2, -0.15) is 0 Å². The standard InChI is InChI=1S/C28H28F4O2/c1-2-3-12-33-16-18-4-11-28(34-17-18)21-6-9-23(26(31)15-21)19-5-8-22(25(30)13-19)20-7-10-24(29)27(32)14-20/h5-10,13-15,18,28H,2-4,11-12,16-17H2,1H3. The van der Waals surface area contributed by atoms with Gasteiger partial charge in [0.15, 0.2) is 11.6 Å². The molecule has 4 rings (SSSR count). The molecule has 0 aliphatic carbocycles. The van der Waals surface area contributed by atoms with Crippen LogP contribution in [0, 0.1) is 29.2 Å². The van der Waals surface area contributed by atoms with Gasteiger partial charge < -0.3 is 9.47 Å². The molecule has 0 N–H and O–H groups in total. The SMILES string of the molecule is CCCCOCC1CCC(c2ccc(-c3ccc(-c4ccc(F)c(F)c4)c(F)c3)c(F)c2)OC1. The summed E-state index contributed by atoms with van der Waals surface area (Å²) in [7, 11) is 0. The van der Waals surface area contributed by atoms with Crippen LogP contribution in [-0.4, -0.2) is 19.8 Å². The fraction of sp³-hybridized carbons (Fsp3) is 0.357. The second kappa shape index (κ2) is 11.2. The van der Waals surface area contributed by atoms with Crippen LogP contribution in [0.15, 0.2) is 54.6 Å². The third-order valence-corrected chi connectivity index (χ3v) is 6.24. The van der Waals surface area contributed by atoms with Crippen molar-refractivity contribution in [3.8, 4) is 22.3 Å². The summed E-state index contributed by atoms with van der Waals surface area (Å²) in [5.74, 6) is -2.81. The van der Waals surface area contributed by atoms with E-state index < -0.39 is 23.3 Å². The number of benzene rings is 3.